The van der Waals surface area contributed by atoms with Gasteiger partial charge in [-0.2, -0.15) is 5.10 Å². The first-order valence-electron chi connectivity index (χ1n) is 5.92. The minimum atomic E-state index is 0.265. The number of nitrogens with one attached hydrogen (secondary N) is 1. The molecule has 4 nitrogen and oxygen atoms in total. The number of nitrogens with zero attached hydrogens (tertiary/aromatic N) is 3. The van der Waals surface area contributed by atoms with Crippen molar-refractivity contribution < 1.29 is 0 Å². The van der Waals surface area contributed by atoms with E-state index < -0.39 is 0 Å². The number of hydrogen-bond donors (Lipinski definition) is 1. The van der Waals surface area contributed by atoms with Crippen molar-refractivity contribution in [2.24, 2.45) is 0 Å². The van der Waals surface area contributed by atoms with Gasteiger partial charge in [-0.1, -0.05) is 0 Å². The van der Waals surface area contributed by atoms with E-state index in [-0.39, 0.29) is 6.04 Å². The minimum Gasteiger partial charge on any atom is -0.312 e. The second-order valence-electron chi connectivity index (χ2n) is 4.39. The lowest BCUT2D eigenvalue weighted by Gasteiger charge is -2.16. The minimum absolute atomic E-state index is 0.265. The Kier molecular flexibility index (Phi) is 4.53. The zero-order valence-corrected chi connectivity index (χ0v) is 13.1. The molecule has 2 heterocycles. The largest absolute Gasteiger partial charge is 0.312 e. The molecule has 0 bridgehead atoms. The Balaban J connectivity index is 2.21. The molecule has 0 radical (unpaired) electrons. The van der Waals surface area contributed by atoms with Crippen molar-refractivity contribution in [3.8, 4) is 0 Å². The van der Waals surface area contributed by atoms with Gasteiger partial charge < -0.3 is 5.32 Å². The van der Waals surface area contributed by atoms with E-state index in [1.165, 1.54) is 4.88 Å². The summed E-state index contributed by atoms with van der Waals surface area (Å²) in [4.78, 5) is 5.67. The van der Waals surface area contributed by atoms with Gasteiger partial charge in [0.1, 0.15) is 12.2 Å². The van der Waals surface area contributed by atoms with Gasteiger partial charge in [-0.25, -0.2) is 9.67 Å². The van der Waals surface area contributed by atoms with Crippen molar-refractivity contribution in [3.05, 3.63) is 32.9 Å². The van der Waals surface area contributed by atoms with Crippen molar-refractivity contribution in [3.63, 3.8) is 0 Å². The summed E-state index contributed by atoms with van der Waals surface area (Å²) >= 11 is 5.34. The quantitative estimate of drug-likeness (QED) is 0.916. The molecule has 0 aliphatic rings. The number of thiophene rings is 1. The molecule has 6 heteroatoms. The summed E-state index contributed by atoms with van der Waals surface area (Å²) in [6, 6.07) is 2.69. The van der Waals surface area contributed by atoms with Gasteiger partial charge in [-0.3, -0.25) is 0 Å². The molecule has 0 aliphatic carbocycles. The van der Waals surface area contributed by atoms with Crippen LogP contribution in [-0.2, 0) is 6.42 Å². The SMILES string of the molecule is CNC(Cc1ncnn1C(C)C)c1sccc1Br. The van der Waals surface area contributed by atoms with E-state index in [0.29, 0.717) is 6.04 Å². The number of aromatic nitrogens is 3. The van der Waals surface area contributed by atoms with Crippen LogP contribution in [0.1, 0.15) is 36.6 Å². The molecular formula is C12H17BrN4S. The van der Waals surface area contributed by atoms with Gasteiger partial charge in [0.15, 0.2) is 0 Å². The summed E-state index contributed by atoms with van der Waals surface area (Å²) in [5.41, 5.74) is 0. The second-order valence-corrected chi connectivity index (χ2v) is 6.19. The first-order chi connectivity index (χ1) is 8.63. The van der Waals surface area contributed by atoms with Crippen molar-refractivity contribution in [1.82, 2.24) is 20.1 Å². The Morgan fingerprint density at radius 2 is 2.28 bits per heavy atom. The van der Waals surface area contributed by atoms with Crippen LogP contribution in [0.15, 0.2) is 22.2 Å². The zero-order valence-electron chi connectivity index (χ0n) is 10.7. The molecule has 0 amide bonds. The highest BCUT2D eigenvalue weighted by Crippen LogP contribution is 2.30. The van der Waals surface area contributed by atoms with Gasteiger partial charge in [-0.05, 0) is 48.3 Å². The van der Waals surface area contributed by atoms with Crippen LogP contribution >= 0.6 is 27.3 Å². The molecule has 0 aliphatic heterocycles. The first-order valence-corrected chi connectivity index (χ1v) is 7.59. The predicted octanol–water partition coefficient (Wildman–Crippen LogP) is 3.19. The average molecular weight is 329 g/mol. The van der Waals surface area contributed by atoms with Crippen LogP contribution in [0.3, 0.4) is 0 Å². The van der Waals surface area contributed by atoms with E-state index in [1.54, 1.807) is 17.7 Å². The maximum atomic E-state index is 4.37. The monoisotopic (exact) mass is 328 g/mol. The topological polar surface area (TPSA) is 42.7 Å². The molecule has 2 rings (SSSR count). The summed E-state index contributed by atoms with van der Waals surface area (Å²) in [6.45, 7) is 4.24. The van der Waals surface area contributed by atoms with Crippen molar-refractivity contribution in [1.29, 1.82) is 0 Å². The molecule has 2 aromatic rings. The Hall–Kier alpha value is -0.720. The van der Waals surface area contributed by atoms with Crippen LogP contribution in [-0.4, -0.2) is 21.8 Å². The molecule has 0 saturated heterocycles. The second kappa shape index (κ2) is 5.95. The summed E-state index contributed by atoms with van der Waals surface area (Å²) < 4.78 is 3.13. The van der Waals surface area contributed by atoms with Gasteiger partial charge in [0.05, 0.1) is 0 Å². The summed E-state index contributed by atoms with van der Waals surface area (Å²) in [5.74, 6) is 1.02. The number of rotatable bonds is 5. The highest BCUT2D eigenvalue weighted by molar-refractivity contribution is 9.10. The van der Waals surface area contributed by atoms with Crippen molar-refractivity contribution >= 4 is 27.3 Å². The summed E-state index contributed by atoms with van der Waals surface area (Å²) in [6.07, 6.45) is 2.47. The lowest BCUT2D eigenvalue weighted by Crippen LogP contribution is -2.21. The molecule has 18 heavy (non-hydrogen) atoms. The smallest absolute Gasteiger partial charge is 0.138 e. The van der Waals surface area contributed by atoms with Crippen LogP contribution in [0.5, 0.6) is 0 Å². The van der Waals surface area contributed by atoms with Crippen LogP contribution in [0, 0.1) is 0 Å². The van der Waals surface area contributed by atoms with E-state index in [1.807, 2.05) is 11.7 Å². The fourth-order valence-corrected chi connectivity index (χ4v) is 3.67. The third-order valence-electron chi connectivity index (χ3n) is 2.83. The van der Waals surface area contributed by atoms with Gasteiger partial charge in [0.25, 0.3) is 0 Å². The number of hydrogen-bond acceptors (Lipinski definition) is 4. The number of halogens is 1. The van der Waals surface area contributed by atoms with Crippen molar-refractivity contribution in [2.75, 3.05) is 7.05 Å². The van der Waals surface area contributed by atoms with Crippen LogP contribution in [0.2, 0.25) is 0 Å². The molecule has 1 N–H and O–H groups in total. The Morgan fingerprint density at radius 1 is 1.50 bits per heavy atom. The zero-order chi connectivity index (χ0) is 13.1. The maximum absolute atomic E-state index is 4.37. The summed E-state index contributed by atoms with van der Waals surface area (Å²) in [5, 5.41) is 9.72. The van der Waals surface area contributed by atoms with E-state index in [4.69, 9.17) is 0 Å². The fourth-order valence-electron chi connectivity index (χ4n) is 1.91. The molecule has 2 aromatic heterocycles. The van der Waals surface area contributed by atoms with Crippen molar-refractivity contribution in [2.45, 2.75) is 32.4 Å². The molecule has 0 fully saturated rings. The van der Waals surface area contributed by atoms with Crippen LogP contribution in [0.4, 0.5) is 0 Å². The predicted molar refractivity (Wildman–Crippen MR) is 77.9 cm³/mol. The maximum Gasteiger partial charge on any atom is 0.138 e. The van der Waals surface area contributed by atoms with E-state index in [0.717, 1.165) is 16.7 Å². The third kappa shape index (κ3) is 2.81. The normalized spacial score (nSPS) is 13.2. The first kappa shape index (κ1) is 13.7. The lowest BCUT2D eigenvalue weighted by atomic mass is 10.1. The highest BCUT2D eigenvalue weighted by Gasteiger charge is 2.18. The molecule has 0 spiro atoms. The van der Waals surface area contributed by atoms with Crippen LogP contribution in [0.25, 0.3) is 0 Å². The van der Waals surface area contributed by atoms with Gasteiger partial charge in [-0.15, -0.1) is 11.3 Å². The molecule has 0 aromatic carbocycles. The average Bonchev–Trinajstić information content (AvgIpc) is 2.94. The van der Waals surface area contributed by atoms with E-state index in [2.05, 4.69) is 56.6 Å². The number of likely N-dealkylation sites (N-methyl/N-ethyl adjacent to an activating group) is 1. The van der Waals surface area contributed by atoms with E-state index >= 15 is 0 Å². The lowest BCUT2D eigenvalue weighted by molar-refractivity contribution is 0.479. The summed E-state index contributed by atoms with van der Waals surface area (Å²) in [7, 11) is 1.98. The molecule has 98 valence electrons. The van der Waals surface area contributed by atoms with Crippen LogP contribution < -0.4 is 5.32 Å². The van der Waals surface area contributed by atoms with E-state index in [9.17, 15) is 0 Å². The Labute approximate surface area is 120 Å². The Morgan fingerprint density at radius 3 is 2.83 bits per heavy atom. The highest BCUT2D eigenvalue weighted by atomic mass is 79.9. The Bertz CT molecular complexity index is 506. The molecular weight excluding hydrogens is 312 g/mol. The fraction of sp³-hybridized carbons (Fsp3) is 0.500. The molecule has 1 unspecified atom stereocenters. The standard InChI is InChI=1S/C12H17BrN4S/c1-8(2)17-11(15-7-16-17)6-10(14-3)12-9(13)4-5-18-12/h4-5,7-8,10,14H,6H2,1-3H3. The van der Waals surface area contributed by atoms with Gasteiger partial charge >= 0.3 is 0 Å². The van der Waals surface area contributed by atoms with Gasteiger partial charge in [0.2, 0.25) is 0 Å². The third-order valence-corrected chi connectivity index (χ3v) is 4.82. The molecule has 0 saturated carbocycles. The van der Waals surface area contributed by atoms with Gasteiger partial charge in [0, 0.05) is 27.9 Å². The molecule has 1 atom stereocenters.